The number of benzene rings is 1. The molecule has 0 spiro atoms. The van der Waals surface area contributed by atoms with Crippen LogP contribution in [-0.2, 0) is 5.60 Å². The zero-order chi connectivity index (χ0) is 11.9. The third kappa shape index (κ3) is 1.51. The molecule has 1 fully saturated rings. The van der Waals surface area contributed by atoms with E-state index in [9.17, 15) is 18.7 Å². The Morgan fingerprint density at radius 2 is 2.00 bits per heavy atom. The first-order valence-corrected chi connectivity index (χ1v) is 4.59. The fourth-order valence-electron chi connectivity index (χ4n) is 1.75. The van der Waals surface area contributed by atoms with Gasteiger partial charge in [0.1, 0.15) is 5.60 Å². The molecule has 0 radical (unpaired) electrons. The fourth-order valence-corrected chi connectivity index (χ4v) is 1.75. The largest absolute Gasteiger partial charge is 0.465 e. The molecule has 4 nitrogen and oxygen atoms in total. The predicted octanol–water partition coefficient (Wildman–Crippen LogP) is 1.15. The summed E-state index contributed by atoms with van der Waals surface area (Å²) in [6.07, 6.45) is -1.19. The molecular weight excluding hydrogens is 220 g/mol. The summed E-state index contributed by atoms with van der Waals surface area (Å²) in [6.45, 7) is -0.495. The second-order valence-electron chi connectivity index (χ2n) is 3.77. The van der Waals surface area contributed by atoms with Crippen LogP contribution >= 0.6 is 0 Å². The second kappa shape index (κ2) is 3.41. The quantitative estimate of drug-likeness (QED) is 0.759. The van der Waals surface area contributed by atoms with Crippen LogP contribution in [0.25, 0.3) is 0 Å². The van der Waals surface area contributed by atoms with Crippen LogP contribution in [-0.4, -0.2) is 34.3 Å². The molecule has 16 heavy (non-hydrogen) atoms. The van der Waals surface area contributed by atoms with Crippen LogP contribution in [0, 0.1) is 11.6 Å². The third-order valence-electron chi connectivity index (χ3n) is 2.63. The minimum atomic E-state index is -1.62. The maximum Gasteiger partial charge on any atom is 0.407 e. The zero-order valence-electron chi connectivity index (χ0n) is 8.15. The first kappa shape index (κ1) is 10.8. The summed E-state index contributed by atoms with van der Waals surface area (Å²) in [4.78, 5) is 11.4. The number of carboxylic acid groups (broad SMARTS) is 1. The zero-order valence-corrected chi connectivity index (χ0v) is 8.15. The number of β-amino-alcohol motifs (C(OH)–C–C–N with tert-alkyl or cyclic N) is 1. The molecule has 1 aromatic rings. The van der Waals surface area contributed by atoms with E-state index < -0.39 is 23.3 Å². The molecule has 1 amide bonds. The Bertz CT molecular complexity index is 444. The van der Waals surface area contributed by atoms with Gasteiger partial charge in [0.25, 0.3) is 0 Å². The number of hydrogen-bond donors (Lipinski definition) is 2. The smallest absolute Gasteiger partial charge is 0.407 e. The summed E-state index contributed by atoms with van der Waals surface area (Å²) in [5, 5.41) is 18.5. The van der Waals surface area contributed by atoms with E-state index >= 15 is 0 Å². The fraction of sp³-hybridized carbons (Fsp3) is 0.300. The van der Waals surface area contributed by atoms with Crippen LogP contribution in [0.3, 0.4) is 0 Å². The molecular formula is C10H9F2NO3. The molecule has 1 aromatic carbocycles. The van der Waals surface area contributed by atoms with Gasteiger partial charge in [-0.1, -0.05) is 12.1 Å². The van der Waals surface area contributed by atoms with E-state index in [1.165, 1.54) is 12.1 Å². The number of amides is 1. The Balaban J connectivity index is 2.26. The molecule has 6 heteroatoms. The van der Waals surface area contributed by atoms with Crippen LogP contribution < -0.4 is 0 Å². The SMILES string of the molecule is O=C(O)N1CC(O)(c2cccc(F)c2F)C1. The molecule has 0 aliphatic carbocycles. The molecule has 0 bridgehead atoms. The van der Waals surface area contributed by atoms with E-state index in [0.29, 0.717) is 0 Å². The highest BCUT2D eigenvalue weighted by Crippen LogP contribution is 2.33. The van der Waals surface area contributed by atoms with E-state index in [0.717, 1.165) is 11.0 Å². The first-order chi connectivity index (χ1) is 7.44. The van der Waals surface area contributed by atoms with Gasteiger partial charge in [0, 0.05) is 5.56 Å². The highest BCUT2D eigenvalue weighted by Gasteiger charge is 2.47. The lowest BCUT2D eigenvalue weighted by Gasteiger charge is -2.45. The lowest BCUT2D eigenvalue weighted by molar-refractivity contribution is -0.0921. The minimum absolute atomic E-state index is 0.204. The van der Waals surface area contributed by atoms with Crippen molar-refractivity contribution in [1.82, 2.24) is 4.90 Å². The third-order valence-corrected chi connectivity index (χ3v) is 2.63. The molecule has 1 heterocycles. The number of carbonyl (C=O) groups is 1. The topological polar surface area (TPSA) is 60.8 Å². The van der Waals surface area contributed by atoms with Gasteiger partial charge in [-0.3, -0.25) is 0 Å². The summed E-state index contributed by atoms with van der Waals surface area (Å²) >= 11 is 0. The number of likely N-dealkylation sites (tertiary alicyclic amines) is 1. The van der Waals surface area contributed by atoms with Gasteiger partial charge in [-0.05, 0) is 6.07 Å². The Hall–Kier alpha value is -1.69. The summed E-state index contributed by atoms with van der Waals surface area (Å²) in [6, 6.07) is 3.46. The average Bonchev–Trinajstić information content (AvgIpc) is 2.17. The average molecular weight is 229 g/mol. The molecule has 1 aliphatic rings. The van der Waals surface area contributed by atoms with Crippen LogP contribution in [0.2, 0.25) is 0 Å². The second-order valence-corrected chi connectivity index (χ2v) is 3.77. The summed E-state index contributed by atoms with van der Waals surface area (Å²) in [5.74, 6) is -2.19. The van der Waals surface area contributed by atoms with Gasteiger partial charge in [0.2, 0.25) is 0 Å². The van der Waals surface area contributed by atoms with Gasteiger partial charge in [-0.15, -0.1) is 0 Å². The highest BCUT2D eigenvalue weighted by molar-refractivity contribution is 5.67. The maximum absolute atomic E-state index is 13.3. The molecule has 0 saturated carbocycles. The molecule has 0 atom stereocenters. The van der Waals surface area contributed by atoms with Gasteiger partial charge in [-0.25, -0.2) is 13.6 Å². The van der Waals surface area contributed by atoms with Crippen molar-refractivity contribution >= 4 is 6.09 Å². The van der Waals surface area contributed by atoms with Gasteiger partial charge in [0.05, 0.1) is 13.1 Å². The molecule has 2 rings (SSSR count). The number of aliphatic hydroxyl groups is 1. The molecule has 1 aliphatic heterocycles. The van der Waals surface area contributed by atoms with Crippen molar-refractivity contribution < 1.29 is 23.8 Å². The number of hydrogen-bond acceptors (Lipinski definition) is 2. The summed E-state index contributed by atoms with van der Waals surface area (Å²) in [5.41, 5.74) is -1.82. The predicted molar refractivity (Wildman–Crippen MR) is 49.9 cm³/mol. The molecule has 2 N–H and O–H groups in total. The highest BCUT2D eigenvalue weighted by atomic mass is 19.2. The maximum atomic E-state index is 13.3. The van der Waals surface area contributed by atoms with E-state index in [1.54, 1.807) is 0 Å². The summed E-state index contributed by atoms with van der Waals surface area (Å²) < 4.78 is 26.3. The van der Waals surface area contributed by atoms with E-state index in [4.69, 9.17) is 5.11 Å². The van der Waals surface area contributed by atoms with Crippen molar-refractivity contribution in [2.45, 2.75) is 5.60 Å². The number of rotatable bonds is 1. The van der Waals surface area contributed by atoms with Crippen LogP contribution in [0.15, 0.2) is 18.2 Å². The van der Waals surface area contributed by atoms with Crippen molar-refractivity contribution in [1.29, 1.82) is 0 Å². The van der Waals surface area contributed by atoms with E-state index in [-0.39, 0.29) is 18.7 Å². The summed E-state index contributed by atoms with van der Waals surface area (Å²) in [7, 11) is 0. The van der Waals surface area contributed by atoms with Gasteiger partial charge in [0.15, 0.2) is 11.6 Å². The van der Waals surface area contributed by atoms with Crippen molar-refractivity contribution in [3.05, 3.63) is 35.4 Å². The Morgan fingerprint density at radius 3 is 2.56 bits per heavy atom. The Kier molecular flexibility index (Phi) is 2.31. The lowest BCUT2D eigenvalue weighted by Crippen LogP contribution is -2.61. The van der Waals surface area contributed by atoms with E-state index in [2.05, 4.69) is 0 Å². The van der Waals surface area contributed by atoms with Crippen molar-refractivity contribution in [3.8, 4) is 0 Å². The van der Waals surface area contributed by atoms with Crippen LogP contribution in [0.1, 0.15) is 5.56 Å². The van der Waals surface area contributed by atoms with Gasteiger partial charge >= 0.3 is 6.09 Å². The number of nitrogens with zero attached hydrogens (tertiary/aromatic N) is 1. The first-order valence-electron chi connectivity index (χ1n) is 4.59. The van der Waals surface area contributed by atoms with Crippen LogP contribution in [0.4, 0.5) is 13.6 Å². The molecule has 0 aromatic heterocycles. The van der Waals surface area contributed by atoms with Gasteiger partial charge in [-0.2, -0.15) is 0 Å². The Labute approximate surface area is 89.7 Å². The van der Waals surface area contributed by atoms with Crippen molar-refractivity contribution in [2.24, 2.45) is 0 Å². The minimum Gasteiger partial charge on any atom is -0.465 e. The monoisotopic (exact) mass is 229 g/mol. The molecule has 1 saturated heterocycles. The van der Waals surface area contributed by atoms with Crippen molar-refractivity contribution in [2.75, 3.05) is 13.1 Å². The number of halogens is 2. The normalized spacial score (nSPS) is 18.1. The van der Waals surface area contributed by atoms with E-state index in [1.807, 2.05) is 0 Å². The van der Waals surface area contributed by atoms with Crippen LogP contribution in [0.5, 0.6) is 0 Å². The Morgan fingerprint density at radius 1 is 1.38 bits per heavy atom. The molecule has 86 valence electrons. The van der Waals surface area contributed by atoms with Gasteiger partial charge < -0.3 is 15.1 Å². The molecule has 0 unspecified atom stereocenters. The lowest BCUT2D eigenvalue weighted by atomic mass is 9.86. The van der Waals surface area contributed by atoms with Crippen molar-refractivity contribution in [3.63, 3.8) is 0 Å². The standard InChI is InChI=1S/C10H9F2NO3/c11-7-3-1-2-6(8(7)12)10(16)4-13(5-10)9(14)15/h1-3,16H,4-5H2,(H,14,15).